The Hall–Kier alpha value is -1.48. The van der Waals surface area contributed by atoms with Crippen LogP contribution in [0.2, 0.25) is 5.02 Å². The molecule has 0 radical (unpaired) electrons. The SMILES string of the molecule is CCCOc1cccc(C=CC(=O)O)c1Cl. The second-order valence-electron chi connectivity index (χ2n) is 3.18. The summed E-state index contributed by atoms with van der Waals surface area (Å²) >= 11 is 6.06. The van der Waals surface area contributed by atoms with Crippen LogP contribution in [0.5, 0.6) is 5.75 Å². The van der Waals surface area contributed by atoms with Crippen molar-refractivity contribution < 1.29 is 14.6 Å². The molecule has 1 aromatic carbocycles. The summed E-state index contributed by atoms with van der Waals surface area (Å²) in [6.45, 7) is 2.59. The predicted octanol–water partition coefficient (Wildman–Crippen LogP) is 3.23. The largest absolute Gasteiger partial charge is 0.492 e. The first kappa shape index (κ1) is 12.6. The molecular formula is C12H13ClO3. The third-order valence-electron chi connectivity index (χ3n) is 1.86. The number of aliphatic carboxylic acids is 1. The van der Waals surface area contributed by atoms with Crippen LogP contribution in [-0.4, -0.2) is 17.7 Å². The number of ether oxygens (including phenoxy) is 1. The monoisotopic (exact) mass is 240 g/mol. The van der Waals surface area contributed by atoms with Crippen LogP contribution >= 0.6 is 11.6 Å². The molecule has 1 N–H and O–H groups in total. The Labute approximate surface area is 99.3 Å². The van der Waals surface area contributed by atoms with Crippen molar-refractivity contribution in [3.63, 3.8) is 0 Å². The molecule has 1 aromatic rings. The Morgan fingerprint density at radius 1 is 1.56 bits per heavy atom. The van der Waals surface area contributed by atoms with Crippen molar-refractivity contribution in [3.05, 3.63) is 34.9 Å². The van der Waals surface area contributed by atoms with Crippen molar-refractivity contribution in [2.45, 2.75) is 13.3 Å². The molecule has 0 aliphatic rings. The molecule has 0 spiro atoms. The molecule has 86 valence electrons. The maximum atomic E-state index is 10.4. The van der Waals surface area contributed by atoms with Crippen molar-refractivity contribution in [2.75, 3.05) is 6.61 Å². The molecule has 0 fully saturated rings. The van der Waals surface area contributed by atoms with E-state index < -0.39 is 5.97 Å². The zero-order valence-corrected chi connectivity index (χ0v) is 9.70. The predicted molar refractivity (Wildman–Crippen MR) is 63.9 cm³/mol. The molecule has 1 rings (SSSR count). The summed E-state index contributed by atoms with van der Waals surface area (Å²) in [5.41, 5.74) is 0.637. The number of carboxylic acids is 1. The first-order valence-electron chi connectivity index (χ1n) is 4.97. The summed E-state index contributed by atoms with van der Waals surface area (Å²) in [6.07, 6.45) is 3.39. The summed E-state index contributed by atoms with van der Waals surface area (Å²) in [6, 6.07) is 5.27. The molecule has 0 bridgehead atoms. The summed E-state index contributed by atoms with van der Waals surface area (Å²) in [4.78, 5) is 10.4. The number of rotatable bonds is 5. The van der Waals surface area contributed by atoms with Crippen molar-refractivity contribution in [3.8, 4) is 5.75 Å². The summed E-state index contributed by atoms with van der Waals surface area (Å²) in [5.74, 6) is -0.424. The van der Waals surface area contributed by atoms with Crippen molar-refractivity contribution in [1.82, 2.24) is 0 Å². The molecule has 0 unspecified atom stereocenters. The molecular weight excluding hydrogens is 228 g/mol. The standard InChI is InChI=1S/C12H13ClO3/c1-2-8-16-10-5-3-4-9(12(10)13)6-7-11(14)15/h3-7H,2,8H2,1H3,(H,14,15). The van der Waals surface area contributed by atoms with Crippen LogP contribution in [0.4, 0.5) is 0 Å². The van der Waals surface area contributed by atoms with E-state index in [1.165, 1.54) is 6.08 Å². The van der Waals surface area contributed by atoms with Gasteiger partial charge < -0.3 is 9.84 Å². The second-order valence-corrected chi connectivity index (χ2v) is 3.56. The fourth-order valence-electron chi connectivity index (χ4n) is 1.14. The Balaban J connectivity index is 2.90. The Morgan fingerprint density at radius 2 is 2.31 bits per heavy atom. The van der Waals surface area contributed by atoms with Gasteiger partial charge in [0.25, 0.3) is 0 Å². The first-order chi connectivity index (χ1) is 7.65. The summed E-state index contributed by atoms with van der Waals surface area (Å²) in [7, 11) is 0. The van der Waals surface area contributed by atoms with Gasteiger partial charge in [0, 0.05) is 6.08 Å². The highest BCUT2D eigenvalue weighted by Gasteiger charge is 2.04. The van der Waals surface area contributed by atoms with Crippen LogP contribution < -0.4 is 4.74 Å². The molecule has 0 saturated heterocycles. The molecule has 0 heterocycles. The third-order valence-corrected chi connectivity index (χ3v) is 2.26. The lowest BCUT2D eigenvalue weighted by Crippen LogP contribution is -1.96. The van der Waals surface area contributed by atoms with Gasteiger partial charge in [-0.15, -0.1) is 0 Å². The van der Waals surface area contributed by atoms with Crippen LogP contribution in [0.1, 0.15) is 18.9 Å². The lowest BCUT2D eigenvalue weighted by molar-refractivity contribution is -0.131. The highest BCUT2D eigenvalue weighted by molar-refractivity contribution is 6.33. The summed E-state index contributed by atoms with van der Waals surface area (Å²) in [5, 5.41) is 8.95. The van der Waals surface area contributed by atoms with Gasteiger partial charge in [-0.1, -0.05) is 30.7 Å². The minimum atomic E-state index is -1.00. The summed E-state index contributed by atoms with van der Waals surface area (Å²) < 4.78 is 5.42. The van der Waals surface area contributed by atoms with E-state index in [2.05, 4.69) is 0 Å². The van der Waals surface area contributed by atoms with E-state index in [0.29, 0.717) is 22.9 Å². The van der Waals surface area contributed by atoms with Crippen LogP contribution in [0, 0.1) is 0 Å². The van der Waals surface area contributed by atoms with Gasteiger partial charge in [0.05, 0.1) is 11.6 Å². The average Bonchev–Trinajstić information content (AvgIpc) is 2.26. The first-order valence-corrected chi connectivity index (χ1v) is 5.35. The number of carboxylic acid groups (broad SMARTS) is 1. The van der Waals surface area contributed by atoms with Gasteiger partial charge in [0.1, 0.15) is 5.75 Å². The minimum Gasteiger partial charge on any atom is -0.492 e. The lowest BCUT2D eigenvalue weighted by Gasteiger charge is -2.08. The number of hydrogen-bond donors (Lipinski definition) is 1. The molecule has 0 atom stereocenters. The Kier molecular flexibility index (Phi) is 4.86. The van der Waals surface area contributed by atoms with E-state index in [9.17, 15) is 4.79 Å². The number of carbonyl (C=O) groups is 1. The van der Waals surface area contributed by atoms with E-state index in [1.807, 2.05) is 6.92 Å². The zero-order chi connectivity index (χ0) is 12.0. The molecule has 4 heteroatoms. The van der Waals surface area contributed by atoms with Crippen molar-refractivity contribution >= 4 is 23.6 Å². The average molecular weight is 241 g/mol. The molecule has 3 nitrogen and oxygen atoms in total. The minimum absolute atomic E-state index is 0.438. The smallest absolute Gasteiger partial charge is 0.328 e. The molecule has 16 heavy (non-hydrogen) atoms. The zero-order valence-electron chi connectivity index (χ0n) is 8.94. The van der Waals surface area contributed by atoms with E-state index in [4.69, 9.17) is 21.4 Å². The molecule has 0 aliphatic carbocycles. The molecule has 0 aliphatic heterocycles. The topological polar surface area (TPSA) is 46.5 Å². The van der Waals surface area contributed by atoms with Gasteiger partial charge in [-0.2, -0.15) is 0 Å². The lowest BCUT2D eigenvalue weighted by atomic mass is 10.2. The van der Waals surface area contributed by atoms with Gasteiger partial charge in [-0.3, -0.25) is 0 Å². The maximum Gasteiger partial charge on any atom is 0.328 e. The van der Waals surface area contributed by atoms with Crippen LogP contribution in [0.3, 0.4) is 0 Å². The Bertz CT molecular complexity index is 399. The maximum absolute atomic E-state index is 10.4. The fraction of sp³-hybridized carbons (Fsp3) is 0.250. The van der Waals surface area contributed by atoms with E-state index >= 15 is 0 Å². The normalized spacial score (nSPS) is 10.6. The fourth-order valence-corrected chi connectivity index (χ4v) is 1.38. The molecule has 0 saturated carbocycles. The van der Waals surface area contributed by atoms with Crippen molar-refractivity contribution in [2.24, 2.45) is 0 Å². The number of hydrogen-bond acceptors (Lipinski definition) is 2. The van der Waals surface area contributed by atoms with Crippen LogP contribution in [0.15, 0.2) is 24.3 Å². The van der Waals surface area contributed by atoms with Crippen molar-refractivity contribution in [1.29, 1.82) is 0 Å². The number of halogens is 1. The highest BCUT2D eigenvalue weighted by atomic mass is 35.5. The highest BCUT2D eigenvalue weighted by Crippen LogP contribution is 2.29. The van der Waals surface area contributed by atoms with E-state index in [1.54, 1.807) is 18.2 Å². The Morgan fingerprint density at radius 3 is 2.94 bits per heavy atom. The van der Waals surface area contributed by atoms with Gasteiger partial charge in [-0.25, -0.2) is 4.79 Å². The van der Waals surface area contributed by atoms with Gasteiger partial charge in [-0.05, 0) is 24.1 Å². The van der Waals surface area contributed by atoms with Gasteiger partial charge >= 0.3 is 5.97 Å². The second kappa shape index (κ2) is 6.18. The number of benzene rings is 1. The quantitative estimate of drug-likeness (QED) is 0.804. The van der Waals surface area contributed by atoms with E-state index in [0.717, 1.165) is 12.5 Å². The van der Waals surface area contributed by atoms with Crippen LogP contribution in [-0.2, 0) is 4.79 Å². The molecule has 0 aromatic heterocycles. The van der Waals surface area contributed by atoms with E-state index in [-0.39, 0.29) is 0 Å². The third kappa shape index (κ3) is 3.59. The van der Waals surface area contributed by atoms with Gasteiger partial charge in [0.15, 0.2) is 0 Å². The molecule has 0 amide bonds. The van der Waals surface area contributed by atoms with Crippen LogP contribution in [0.25, 0.3) is 6.08 Å². The van der Waals surface area contributed by atoms with Gasteiger partial charge in [0.2, 0.25) is 0 Å².